The third-order valence-corrected chi connectivity index (χ3v) is 4.20. The minimum absolute atomic E-state index is 0.0122. The lowest BCUT2D eigenvalue weighted by Gasteiger charge is -2.33. The number of aromatic nitrogens is 3. The molecule has 0 aromatic carbocycles. The molecule has 1 amide bonds. The van der Waals surface area contributed by atoms with E-state index in [-0.39, 0.29) is 5.91 Å². The van der Waals surface area contributed by atoms with Gasteiger partial charge in [-0.25, -0.2) is 0 Å². The second-order valence-electron chi connectivity index (χ2n) is 6.87. The Kier molecular flexibility index (Phi) is 4.99. The summed E-state index contributed by atoms with van der Waals surface area (Å²) in [6.45, 7) is 10.0. The van der Waals surface area contributed by atoms with Crippen molar-refractivity contribution in [2.75, 3.05) is 26.2 Å². The molecule has 1 saturated heterocycles. The first kappa shape index (κ1) is 16.7. The van der Waals surface area contributed by atoms with Gasteiger partial charge in [-0.05, 0) is 25.3 Å². The number of rotatable bonds is 5. The Morgan fingerprint density at radius 1 is 1.29 bits per heavy atom. The average Bonchev–Trinajstić information content (AvgIpc) is 3.16. The van der Waals surface area contributed by atoms with Gasteiger partial charge in [-0.1, -0.05) is 19.0 Å². The van der Waals surface area contributed by atoms with Crippen LogP contribution < -0.4 is 0 Å². The minimum Gasteiger partial charge on any atom is -0.361 e. The summed E-state index contributed by atoms with van der Waals surface area (Å²) >= 11 is 0. The zero-order valence-corrected chi connectivity index (χ0v) is 14.6. The van der Waals surface area contributed by atoms with Crippen LogP contribution in [0.1, 0.15) is 41.5 Å². The molecular formula is C17H25N5O2. The molecule has 7 heteroatoms. The van der Waals surface area contributed by atoms with Crippen molar-refractivity contribution in [2.24, 2.45) is 5.92 Å². The number of hydrogen-bond donors (Lipinski definition) is 1. The molecule has 0 spiro atoms. The molecule has 7 nitrogen and oxygen atoms in total. The molecule has 0 radical (unpaired) electrons. The molecule has 1 N–H and O–H groups in total. The van der Waals surface area contributed by atoms with Gasteiger partial charge < -0.3 is 9.42 Å². The van der Waals surface area contributed by atoms with E-state index in [0.29, 0.717) is 24.7 Å². The van der Waals surface area contributed by atoms with Gasteiger partial charge in [0.2, 0.25) is 0 Å². The van der Waals surface area contributed by atoms with Crippen LogP contribution in [-0.4, -0.2) is 57.2 Å². The molecule has 0 bridgehead atoms. The number of hydrogen-bond acceptors (Lipinski definition) is 5. The molecule has 0 saturated carbocycles. The van der Waals surface area contributed by atoms with Gasteiger partial charge in [0.15, 0.2) is 0 Å². The minimum atomic E-state index is 0.0122. The highest BCUT2D eigenvalue weighted by Crippen LogP contribution is 2.13. The average molecular weight is 331 g/mol. The molecule has 1 aliphatic rings. The van der Waals surface area contributed by atoms with E-state index in [2.05, 4.69) is 34.1 Å². The van der Waals surface area contributed by atoms with Crippen molar-refractivity contribution in [3.8, 4) is 0 Å². The van der Waals surface area contributed by atoms with E-state index >= 15 is 0 Å². The molecule has 130 valence electrons. The molecule has 3 rings (SSSR count). The largest absolute Gasteiger partial charge is 0.361 e. The van der Waals surface area contributed by atoms with Gasteiger partial charge in [-0.2, -0.15) is 5.10 Å². The van der Waals surface area contributed by atoms with Gasteiger partial charge in [0, 0.05) is 44.5 Å². The van der Waals surface area contributed by atoms with E-state index in [1.54, 1.807) is 0 Å². The summed E-state index contributed by atoms with van der Waals surface area (Å²) in [5.41, 5.74) is 2.48. The molecule has 0 atom stereocenters. The van der Waals surface area contributed by atoms with Gasteiger partial charge in [0.25, 0.3) is 5.91 Å². The van der Waals surface area contributed by atoms with Crippen molar-refractivity contribution in [3.05, 3.63) is 35.0 Å². The van der Waals surface area contributed by atoms with Crippen molar-refractivity contribution in [3.63, 3.8) is 0 Å². The van der Waals surface area contributed by atoms with E-state index < -0.39 is 0 Å². The molecule has 1 aliphatic heterocycles. The van der Waals surface area contributed by atoms with Crippen LogP contribution in [0.15, 0.2) is 16.7 Å². The monoisotopic (exact) mass is 331 g/mol. The maximum Gasteiger partial charge on any atom is 0.274 e. The number of piperazine rings is 1. The highest BCUT2D eigenvalue weighted by atomic mass is 16.5. The topological polar surface area (TPSA) is 78.3 Å². The summed E-state index contributed by atoms with van der Waals surface area (Å²) in [4.78, 5) is 16.7. The Balaban J connectivity index is 1.52. The molecule has 0 aliphatic carbocycles. The number of nitrogens with one attached hydrogen (secondary N) is 1. The normalized spacial score (nSPS) is 16.1. The van der Waals surface area contributed by atoms with Crippen LogP contribution in [0.3, 0.4) is 0 Å². The zero-order chi connectivity index (χ0) is 17.1. The Morgan fingerprint density at radius 3 is 2.67 bits per heavy atom. The van der Waals surface area contributed by atoms with Gasteiger partial charge in [-0.15, -0.1) is 0 Å². The van der Waals surface area contributed by atoms with Crippen LogP contribution in [0.25, 0.3) is 0 Å². The van der Waals surface area contributed by atoms with Gasteiger partial charge in [-0.3, -0.25) is 14.8 Å². The second-order valence-corrected chi connectivity index (χ2v) is 6.87. The summed E-state index contributed by atoms with van der Waals surface area (Å²) < 4.78 is 5.10. The molecule has 0 unspecified atom stereocenters. The number of nitrogens with zero attached hydrogens (tertiary/aromatic N) is 4. The van der Waals surface area contributed by atoms with E-state index in [0.717, 1.165) is 43.2 Å². The quantitative estimate of drug-likeness (QED) is 0.905. The van der Waals surface area contributed by atoms with Gasteiger partial charge >= 0.3 is 0 Å². The summed E-state index contributed by atoms with van der Waals surface area (Å²) in [6, 6.07) is 3.84. The fourth-order valence-electron chi connectivity index (χ4n) is 3.01. The Bertz CT molecular complexity index is 683. The third-order valence-electron chi connectivity index (χ3n) is 4.20. The van der Waals surface area contributed by atoms with E-state index in [9.17, 15) is 4.79 Å². The summed E-state index contributed by atoms with van der Waals surface area (Å²) in [5, 5.41) is 11.2. The lowest BCUT2D eigenvalue weighted by Crippen LogP contribution is -2.48. The van der Waals surface area contributed by atoms with Crippen molar-refractivity contribution < 1.29 is 9.32 Å². The fourth-order valence-corrected chi connectivity index (χ4v) is 3.01. The lowest BCUT2D eigenvalue weighted by atomic mass is 10.1. The standard InChI is InChI=1S/C17H25N5O2/c1-12(2)8-14-10-16(19-18-14)17(23)22-6-4-21(5-7-22)11-15-9-13(3)24-20-15/h9-10,12H,4-8,11H2,1-3H3,(H,18,19). The SMILES string of the molecule is Cc1cc(CN2CCN(C(=O)c3cc(CC(C)C)[nH]n3)CC2)no1. The first-order valence-electron chi connectivity index (χ1n) is 8.49. The van der Waals surface area contributed by atoms with Crippen molar-refractivity contribution in [2.45, 2.75) is 33.7 Å². The Morgan fingerprint density at radius 2 is 2.04 bits per heavy atom. The van der Waals surface area contributed by atoms with Crippen LogP contribution in [-0.2, 0) is 13.0 Å². The fraction of sp³-hybridized carbons (Fsp3) is 0.588. The summed E-state index contributed by atoms with van der Waals surface area (Å²) in [7, 11) is 0. The molecule has 2 aromatic heterocycles. The predicted octanol–water partition coefficient (Wildman–Crippen LogP) is 1.86. The summed E-state index contributed by atoms with van der Waals surface area (Å²) in [5.74, 6) is 1.38. The zero-order valence-electron chi connectivity index (χ0n) is 14.6. The number of carbonyl (C=O) groups is 1. The second kappa shape index (κ2) is 7.17. The van der Waals surface area contributed by atoms with E-state index in [1.165, 1.54) is 0 Å². The number of aryl methyl sites for hydroxylation is 1. The number of carbonyl (C=O) groups excluding carboxylic acids is 1. The number of amides is 1. The summed E-state index contributed by atoms with van der Waals surface area (Å²) in [6.07, 6.45) is 0.908. The van der Waals surface area contributed by atoms with Gasteiger partial charge in [0.1, 0.15) is 11.5 Å². The van der Waals surface area contributed by atoms with Crippen LogP contribution in [0.5, 0.6) is 0 Å². The smallest absolute Gasteiger partial charge is 0.274 e. The van der Waals surface area contributed by atoms with Crippen molar-refractivity contribution >= 4 is 5.91 Å². The Hall–Kier alpha value is -2.15. The molecule has 1 fully saturated rings. The highest BCUT2D eigenvalue weighted by molar-refractivity contribution is 5.92. The van der Waals surface area contributed by atoms with Crippen LogP contribution >= 0.6 is 0 Å². The van der Waals surface area contributed by atoms with Crippen molar-refractivity contribution in [1.29, 1.82) is 0 Å². The van der Waals surface area contributed by atoms with E-state index in [4.69, 9.17) is 4.52 Å². The predicted molar refractivity (Wildman–Crippen MR) is 89.6 cm³/mol. The Labute approximate surface area is 142 Å². The molecular weight excluding hydrogens is 306 g/mol. The number of H-pyrrole nitrogens is 1. The number of aromatic amines is 1. The maximum absolute atomic E-state index is 12.6. The van der Waals surface area contributed by atoms with Crippen LogP contribution in [0.2, 0.25) is 0 Å². The first-order chi connectivity index (χ1) is 11.5. The maximum atomic E-state index is 12.6. The lowest BCUT2D eigenvalue weighted by molar-refractivity contribution is 0.0620. The molecule has 3 heterocycles. The van der Waals surface area contributed by atoms with Gasteiger partial charge in [0.05, 0.1) is 5.69 Å². The molecule has 24 heavy (non-hydrogen) atoms. The van der Waals surface area contributed by atoms with Crippen molar-refractivity contribution in [1.82, 2.24) is 25.2 Å². The van der Waals surface area contributed by atoms with Crippen LogP contribution in [0, 0.1) is 12.8 Å². The first-order valence-corrected chi connectivity index (χ1v) is 8.49. The third kappa shape index (κ3) is 4.03. The molecule has 2 aromatic rings. The highest BCUT2D eigenvalue weighted by Gasteiger charge is 2.24. The van der Waals surface area contributed by atoms with E-state index in [1.807, 2.05) is 24.0 Å². The van der Waals surface area contributed by atoms with Crippen LogP contribution in [0.4, 0.5) is 0 Å².